The first-order valence-electron chi connectivity index (χ1n) is 5.82. The molecule has 4 nitrogen and oxygen atoms in total. The van der Waals surface area contributed by atoms with Gasteiger partial charge in [-0.05, 0) is 18.2 Å². The predicted molar refractivity (Wildman–Crippen MR) is 68.5 cm³/mol. The molecule has 0 saturated carbocycles. The van der Waals surface area contributed by atoms with Crippen LogP contribution in [0.1, 0.15) is 23.3 Å². The van der Waals surface area contributed by atoms with Gasteiger partial charge in [-0.2, -0.15) is 0 Å². The second-order valence-corrected chi connectivity index (χ2v) is 4.04. The quantitative estimate of drug-likeness (QED) is 0.848. The molecule has 0 bridgehead atoms. The van der Waals surface area contributed by atoms with Crippen LogP contribution >= 0.6 is 0 Å². The summed E-state index contributed by atoms with van der Waals surface area (Å²) < 4.78 is 10.5. The first-order chi connectivity index (χ1) is 8.77. The van der Waals surface area contributed by atoms with Crippen LogP contribution in [0, 0.1) is 0 Å². The van der Waals surface area contributed by atoms with Crippen LogP contribution in [0.5, 0.6) is 5.75 Å². The summed E-state index contributed by atoms with van der Waals surface area (Å²) in [6.07, 6.45) is 0.759. The number of methoxy groups -OCH3 is 1. The molecule has 96 valence electrons. The molecule has 4 heteroatoms. The van der Waals surface area contributed by atoms with E-state index in [9.17, 15) is 5.11 Å². The van der Waals surface area contributed by atoms with Crippen LogP contribution in [0.15, 0.2) is 47.1 Å². The Bertz CT molecular complexity index is 482. The zero-order valence-corrected chi connectivity index (χ0v) is 10.2. The van der Waals surface area contributed by atoms with Crippen molar-refractivity contribution in [2.24, 2.45) is 5.73 Å². The van der Waals surface area contributed by atoms with Crippen LogP contribution in [0.3, 0.4) is 0 Å². The maximum atomic E-state index is 10.3. The number of rotatable bonds is 5. The maximum Gasteiger partial charge on any atom is 0.132 e. The van der Waals surface area contributed by atoms with Gasteiger partial charge in [0.25, 0.3) is 0 Å². The molecule has 1 aromatic carbocycles. The van der Waals surface area contributed by atoms with E-state index in [2.05, 4.69) is 0 Å². The highest BCUT2D eigenvalue weighted by Crippen LogP contribution is 2.35. The summed E-state index contributed by atoms with van der Waals surface area (Å²) in [7, 11) is 1.60. The topological polar surface area (TPSA) is 68.6 Å². The second kappa shape index (κ2) is 5.71. The van der Waals surface area contributed by atoms with E-state index in [-0.39, 0.29) is 5.92 Å². The van der Waals surface area contributed by atoms with Gasteiger partial charge in [-0.15, -0.1) is 0 Å². The number of nitrogens with two attached hydrogens (primary N) is 1. The number of furan rings is 1. The molecule has 0 aliphatic carbocycles. The fourth-order valence-corrected chi connectivity index (χ4v) is 2.06. The molecule has 3 N–H and O–H groups in total. The number of hydrogen-bond acceptors (Lipinski definition) is 4. The fraction of sp³-hybridized carbons (Fsp3) is 0.286. The zero-order chi connectivity index (χ0) is 13.0. The highest BCUT2D eigenvalue weighted by Gasteiger charge is 2.25. The molecule has 2 atom stereocenters. The highest BCUT2D eigenvalue weighted by atomic mass is 16.5. The lowest BCUT2D eigenvalue weighted by molar-refractivity contribution is 0.120. The van der Waals surface area contributed by atoms with Gasteiger partial charge in [0.1, 0.15) is 17.6 Å². The van der Waals surface area contributed by atoms with Crippen molar-refractivity contribution in [3.63, 3.8) is 0 Å². The van der Waals surface area contributed by atoms with Crippen LogP contribution < -0.4 is 10.5 Å². The smallest absolute Gasteiger partial charge is 0.132 e. The third kappa shape index (κ3) is 2.39. The van der Waals surface area contributed by atoms with Crippen molar-refractivity contribution in [3.8, 4) is 5.75 Å². The minimum atomic E-state index is -0.777. The van der Waals surface area contributed by atoms with Crippen LogP contribution in [0.4, 0.5) is 0 Å². The Hall–Kier alpha value is -1.78. The fourth-order valence-electron chi connectivity index (χ4n) is 2.06. The summed E-state index contributed by atoms with van der Waals surface area (Å²) in [4.78, 5) is 0. The zero-order valence-electron chi connectivity index (χ0n) is 10.2. The van der Waals surface area contributed by atoms with Crippen molar-refractivity contribution in [1.29, 1.82) is 0 Å². The van der Waals surface area contributed by atoms with Crippen molar-refractivity contribution < 1.29 is 14.3 Å². The molecule has 0 saturated heterocycles. The number of aliphatic hydroxyl groups excluding tert-OH is 1. The van der Waals surface area contributed by atoms with Gasteiger partial charge < -0.3 is 20.0 Å². The molecule has 0 fully saturated rings. The number of hydrogen-bond donors (Lipinski definition) is 2. The monoisotopic (exact) mass is 247 g/mol. The first-order valence-corrected chi connectivity index (χ1v) is 5.82. The lowest BCUT2D eigenvalue weighted by atomic mass is 9.91. The van der Waals surface area contributed by atoms with E-state index in [0.717, 1.165) is 11.3 Å². The van der Waals surface area contributed by atoms with Gasteiger partial charge in [0, 0.05) is 18.0 Å². The number of benzene rings is 1. The molecular weight excluding hydrogens is 230 g/mol. The van der Waals surface area contributed by atoms with Gasteiger partial charge in [-0.3, -0.25) is 0 Å². The minimum absolute atomic E-state index is 0.257. The van der Waals surface area contributed by atoms with Gasteiger partial charge in [-0.25, -0.2) is 0 Å². The standard InChI is InChI=1S/C14H17NO3/c1-17-12-6-3-2-5-10(12)11(9-15)14(16)13-7-4-8-18-13/h2-8,11,14,16H,9,15H2,1H3. The predicted octanol–water partition coefficient (Wildman–Crippen LogP) is 2.06. The minimum Gasteiger partial charge on any atom is -0.496 e. The van der Waals surface area contributed by atoms with E-state index in [0.29, 0.717) is 12.3 Å². The first kappa shape index (κ1) is 12.7. The molecule has 0 radical (unpaired) electrons. The summed E-state index contributed by atoms with van der Waals surface area (Å²) in [5, 5.41) is 10.3. The normalized spacial score (nSPS) is 14.2. The maximum absolute atomic E-state index is 10.3. The average Bonchev–Trinajstić information content (AvgIpc) is 2.94. The van der Waals surface area contributed by atoms with E-state index < -0.39 is 6.10 Å². The van der Waals surface area contributed by atoms with Crippen LogP contribution in [-0.4, -0.2) is 18.8 Å². The van der Waals surface area contributed by atoms with Gasteiger partial charge in [0.15, 0.2) is 0 Å². The third-order valence-electron chi connectivity index (χ3n) is 3.01. The lowest BCUT2D eigenvalue weighted by Gasteiger charge is -2.22. The molecule has 1 heterocycles. The van der Waals surface area contributed by atoms with Gasteiger partial charge in [0.2, 0.25) is 0 Å². The summed E-state index contributed by atoms with van der Waals surface area (Å²) in [5.41, 5.74) is 6.66. The van der Waals surface area contributed by atoms with Gasteiger partial charge >= 0.3 is 0 Å². The molecule has 18 heavy (non-hydrogen) atoms. The van der Waals surface area contributed by atoms with Crippen molar-refractivity contribution in [3.05, 3.63) is 54.0 Å². The van der Waals surface area contributed by atoms with Crippen LogP contribution in [0.2, 0.25) is 0 Å². The molecule has 0 aliphatic heterocycles. The van der Waals surface area contributed by atoms with E-state index in [1.165, 1.54) is 6.26 Å². The van der Waals surface area contributed by atoms with Crippen LogP contribution in [-0.2, 0) is 0 Å². The molecule has 0 aliphatic rings. The summed E-state index contributed by atoms with van der Waals surface area (Å²) in [6.45, 7) is 0.308. The Morgan fingerprint density at radius 3 is 2.67 bits per heavy atom. The summed E-state index contributed by atoms with van der Waals surface area (Å²) >= 11 is 0. The number of ether oxygens (including phenoxy) is 1. The van der Waals surface area contributed by atoms with Crippen molar-refractivity contribution in [2.45, 2.75) is 12.0 Å². The van der Waals surface area contributed by atoms with E-state index >= 15 is 0 Å². The van der Waals surface area contributed by atoms with E-state index in [1.54, 1.807) is 19.2 Å². The summed E-state index contributed by atoms with van der Waals surface area (Å²) in [5.74, 6) is 0.974. The number of aliphatic hydroxyl groups is 1. The Balaban J connectivity index is 2.33. The molecule has 1 aromatic heterocycles. The van der Waals surface area contributed by atoms with Crippen molar-refractivity contribution in [2.75, 3.05) is 13.7 Å². The highest BCUT2D eigenvalue weighted by molar-refractivity contribution is 5.37. The molecule has 2 rings (SSSR count). The molecule has 0 amide bonds. The Labute approximate surface area is 106 Å². The Kier molecular flexibility index (Phi) is 4.02. The SMILES string of the molecule is COc1ccccc1C(CN)C(O)c1ccco1. The van der Waals surface area contributed by atoms with Crippen LogP contribution in [0.25, 0.3) is 0 Å². The van der Waals surface area contributed by atoms with E-state index in [4.69, 9.17) is 14.9 Å². The molecule has 2 aromatic rings. The third-order valence-corrected chi connectivity index (χ3v) is 3.01. The van der Waals surface area contributed by atoms with E-state index in [1.807, 2.05) is 24.3 Å². The average molecular weight is 247 g/mol. The van der Waals surface area contributed by atoms with Gasteiger partial charge in [0.05, 0.1) is 13.4 Å². The Morgan fingerprint density at radius 2 is 2.06 bits per heavy atom. The van der Waals surface area contributed by atoms with Crippen molar-refractivity contribution >= 4 is 0 Å². The summed E-state index contributed by atoms with van der Waals surface area (Å²) in [6, 6.07) is 11.0. The molecular formula is C14H17NO3. The second-order valence-electron chi connectivity index (χ2n) is 4.04. The molecule has 2 unspecified atom stereocenters. The molecule has 0 spiro atoms. The van der Waals surface area contributed by atoms with Crippen molar-refractivity contribution in [1.82, 2.24) is 0 Å². The number of para-hydroxylation sites is 1. The van der Waals surface area contributed by atoms with Gasteiger partial charge in [-0.1, -0.05) is 18.2 Å². The Morgan fingerprint density at radius 1 is 1.28 bits per heavy atom. The lowest BCUT2D eigenvalue weighted by Crippen LogP contribution is -2.20. The largest absolute Gasteiger partial charge is 0.496 e.